The van der Waals surface area contributed by atoms with Crippen LogP contribution >= 0.6 is 0 Å². The Kier molecular flexibility index (Phi) is 4.54. The van der Waals surface area contributed by atoms with Gasteiger partial charge in [-0.15, -0.1) is 0 Å². The highest BCUT2D eigenvalue weighted by Gasteiger charge is 2.43. The van der Waals surface area contributed by atoms with Crippen molar-refractivity contribution in [1.82, 2.24) is 5.32 Å². The fourth-order valence-corrected chi connectivity index (χ4v) is 3.05. The van der Waals surface area contributed by atoms with Gasteiger partial charge in [0.1, 0.15) is 0 Å². The fourth-order valence-electron chi connectivity index (χ4n) is 3.05. The average Bonchev–Trinajstić information content (AvgIpc) is 2.26. The van der Waals surface area contributed by atoms with Crippen LogP contribution in [0.4, 0.5) is 13.2 Å². The van der Waals surface area contributed by atoms with Crippen molar-refractivity contribution in [3.05, 3.63) is 0 Å². The molecule has 1 N–H and O–H groups in total. The molecule has 0 amide bonds. The lowest BCUT2D eigenvalue weighted by Gasteiger charge is -2.40. The summed E-state index contributed by atoms with van der Waals surface area (Å²) in [5, 5.41) is 3.37. The standard InChI is InChI=1S/C13H22F3NO/c1-2-18-12-7-11(8-12)17-10-5-3-4-9(6-10)13(14,15)16/h9-12,17H,2-8H2,1H3. The topological polar surface area (TPSA) is 21.3 Å². The molecule has 0 spiro atoms. The van der Waals surface area contributed by atoms with E-state index in [1.54, 1.807) is 0 Å². The minimum Gasteiger partial charge on any atom is -0.378 e. The Labute approximate surface area is 106 Å². The van der Waals surface area contributed by atoms with Crippen LogP contribution < -0.4 is 5.32 Å². The van der Waals surface area contributed by atoms with Gasteiger partial charge in [0.15, 0.2) is 0 Å². The SMILES string of the molecule is CCOC1CC(NC2CCCC(C(F)(F)F)C2)C1. The lowest BCUT2D eigenvalue weighted by atomic mass is 9.82. The first-order chi connectivity index (χ1) is 8.49. The van der Waals surface area contributed by atoms with Gasteiger partial charge in [-0.1, -0.05) is 6.42 Å². The summed E-state index contributed by atoms with van der Waals surface area (Å²) in [5.41, 5.74) is 0. The Morgan fingerprint density at radius 1 is 1.11 bits per heavy atom. The van der Waals surface area contributed by atoms with Gasteiger partial charge in [0, 0.05) is 18.7 Å². The minimum absolute atomic E-state index is 0.0398. The third kappa shape index (κ3) is 3.60. The molecule has 2 fully saturated rings. The summed E-state index contributed by atoms with van der Waals surface area (Å²) in [7, 11) is 0. The number of halogens is 3. The van der Waals surface area contributed by atoms with Gasteiger partial charge in [0.2, 0.25) is 0 Å². The van der Waals surface area contributed by atoms with Gasteiger partial charge >= 0.3 is 6.18 Å². The zero-order valence-corrected chi connectivity index (χ0v) is 10.8. The van der Waals surface area contributed by atoms with Gasteiger partial charge in [-0.25, -0.2) is 0 Å². The minimum atomic E-state index is -4.02. The number of hydrogen-bond donors (Lipinski definition) is 1. The normalized spacial score (nSPS) is 37.3. The molecule has 2 aliphatic carbocycles. The first-order valence-electron chi connectivity index (χ1n) is 6.93. The second-order valence-electron chi connectivity index (χ2n) is 5.51. The summed E-state index contributed by atoms with van der Waals surface area (Å²) in [6.07, 6.45) is 0.295. The van der Waals surface area contributed by atoms with Gasteiger partial charge in [-0.3, -0.25) is 0 Å². The summed E-state index contributed by atoms with van der Waals surface area (Å²) in [5.74, 6) is -1.11. The molecule has 2 saturated carbocycles. The molecule has 2 atom stereocenters. The Morgan fingerprint density at radius 3 is 2.44 bits per heavy atom. The highest BCUT2D eigenvalue weighted by Crippen LogP contribution is 2.38. The Balaban J connectivity index is 1.71. The molecule has 0 radical (unpaired) electrons. The van der Waals surface area contributed by atoms with Crippen LogP contribution in [-0.2, 0) is 4.74 Å². The fraction of sp³-hybridized carbons (Fsp3) is 1.00. The molecule has 0 aromatic rings. The maximum atomic E-state index is 12.7. The number of rotatable bonds is 4. The van der Waals surface area contributed by atoms with Crippen molar-refractivity contribution >= 4 is 0 Å². The average molecular weight is 265 g/mol. The zero-order valence-electron chi connectivity index (χ0n) is 10.8. The van der Waals surface area contributed by atoms with E-state index >= 15 is 0 Å². The molecule has 2 aliphatic rings. The van der Waals surface area contributed by atoms with Gasteiger partial charge < -0.3 is 10.1 Å². The summed E-state index contributed by atoms with van der Waals surface area (Å²) >= 11 is 0. The molecular weight excluding hydrogens is 243 g/mol. The van der Waals surface area contributed by atoms with Crippen LogP contribution in [0.25, 0.3) is 0 Å². The van der Waals surface area contributed by atoms with Crippen molar-refractivity contribution in [3.63, 3.8) is 0 Å². The molecule has 106 valence electrons. The van der Waals surface area contributed by atoms with Crippen molar-refractivity contribution in [2.24, 2.45) is 5.92 Å². The summed E-state index contributed by atoms with van der Waals surface area (Å²) in [6.45, 7) is 2.69. The Hall–Kier alpha value is -0.290. The zero-order chi connectivity index (χ0) is 13.2. The lowest BCUT2D eigenvalue weighted by molar-refractivity contribution is -0.184. The number of alkyl halides is 3. The maximum absolute atomic E-state index is 12.7. The predicted molar refractivity (Wildman–Crippen MR) is 63.4 cm³/mol. The highest BCUT2D eigenvalue weighted by molar-refractivity contribution is 4.90. The summed E-state index contributed by atoms with van der Waals surface area (Å²) in [4.78, 5) is 0. The number of ether oxygens (including phenoxy) is 1. The van der Waals surface area contributed by atoms with Crippen molar-refractivity contribution in [2.75, 3.05) is 6.61 Å². The molecule has 0 bridgehead atoms. The summed E-state index contributed by atoms with van der Waals surface area (Å²) < 4.78 is 43.4. The molecule has 0 aliphatic heterocycles. The monoisotopic (exact) mass is 265 g/mol. The van der Waals surface area contributed by atoms with Crippen LogP contribution in [0, 0.1) is 5.92 Å². The summed E-state index contributed by atoms with van der Waals surface area (Å²) in [6, 6.07) is 0.400. The third-order valence-corrected chi connectivity index (χ3v) is 4.11. The van der Waals surface area contributed by atoms with Gasteiger partial charge in [-0.05, 0) is 39.0 Å². The molecule has 0 saturated heterocycles. The molecule has 0 aromatic heterocycles. The number of hydrogen-bond acceptors (Lipinski definition) is 2. The van der Waals surface area contributed by atoms with Crippen LogP contribution in [-0.4, -0.2) is 31.0 Å². The van der Waals surface area contributed by atoms with Crippen molar-refractivity contribution in [3.8, 4) is 0 Å². The number of nitrogens with one attached hydrogen (secondary N) is 1. The largest absolute Gasteiger partial charge is 0.391 e. The predicted octanol–water partition coefficient (Wildman–Crippen LogP) is 3.26. The lowest BCUT2D eigenvalue weighted by Crippen LogP contribution is -2.51. The maximum Gasteiger partial charge on any atom is 0.391 e. The molecule has 2 unspecified atom stereocenters. The highest BCUT2D eigenvalue weighted by atomic mass is 19.4. The van der Waals surface area contributed by atoms with Crippen molar-refractivity contribution < 1.29 is 17.9 Å². The van der Waals surface area contributed by atoms with E-state index in [9.17, 15) is 13.2 Å². The van der Waals surface area contributed by atoms with Gasteiger partial charge in [0.25, 0.3) is 0 Å². The van der Waals surface area contributed by atoms with E-state index in [0.29, 0.717) is 25.0 Å². The second kappa shape index (κ2) is 5.78. The third-order valence-electron chi connectivity index (χ3n) is 4.11. The Bertz CT molecular complexity index is 263. The van der Waals surface area contributed by atoms with Crippen LogP contribution in [0.15, 0.2) is 0 Å². The van der Waals surface area contributed by atoms with E-state index in [2.05, 4.69) is 5.32 Å². The van der Waals surface area contributed by atoms with E-state index in [1.807, 2.05) is 6.92 Å². The molecule has 5 heteroatoms. The van der Waals surface area contributed by atoms with E-state index in [4.69, 9.17) is 4.74 Å². The van der Waals surface area contributed by atoms with Crippen molar-refractivity contribution in [2.45, 2.75) is 69.8 Å². The van der Waals surface area contributed by atoms with Gasteiger partial charge in [-0.2, -0.15) is 13.2 Å². The molecule has 0 aromatic carbocycles. The van der Waals surface area contributed by atoms with E-state index in [0.717, 1.165) is 25.9 Å². The molecular formula is C13H22F3NO. The van der Waals surface area contributed by atoms with E-state index in [-0.39, 0.29) is 12.5 Å². The quantitative estimate of drug-likeness (QED) is 0.842. The second-order valence-corrected chi connectivity index (χ2v) is 5.51. The Morgan fingerprint density at radius 2 is 1.83 bits per heavy atom. The smallest absolute Gasteiger partial charge is 0.378 e. The van der Waals surface area contributed by atoms with Gasteiger partial charge in [0.05, 0.1) is 12.0 Å². The first kappa shape index (κ1) is 14.1. The van der Waals surface area contributed by atoms with Crippen LogP contribution in [0.3, 0.4) is 0 Å². The van der Waals surface area contributed by atoms with Crippen molar-refractivity contribution in [1.29, 1.82) is 0 Å². The van der Waals surface area contributed by atoms with Crippen LogP contribution in [0.1, 0.15) is 45.4 Å². The molecule has 2 rings (SSSR count). The first-order valence-corrected chi connectivity index (χ1v) is 6.93. The van der Waals surface area contributed by atoms with Crippen LogP contribution in [0.2, 0.25) is 0 Å². The van der Waals surface area contributed by atoms with E-state index < -0.39 is 12.1 Å². The molecule has 18 heavy (non-hydrogen) atoms. The molecule has 2 nitrogen and oxygen atoms in total. The van der Waals surface area contributed by atoms with E-state index in [1.165, 1.54) is 0 Å². The van der Waals surface area contributed by atoms with Crippen LogP contribution in [0.5, 0.6) is 0 Å². The molecule has 0 heterocycles.